The van der Waals surface area contributed by atoms with Crippen LogP contribution in [0.3, 0.4) is 0 Å². The van der Waals surface area contributed by atoms with Gasteiger partial charge < -0.3 is 5.73 Å². The molecule has 0 radical (unpaired) electrons. The normalized spacial score (nSPS) is 12.3. The highest BCUT2D eigenvalue weighted by Crippen LogP contribution is 2.28. The van der Waals surface area contributed by atoms with Crippen LogP contribution in [0.2, 0.25) is 10.0 Å². The zero-order chi connectivity index (χ0) is 16.2. The minimum atomic E-state index is -0.206. The minimum absolute atomic E-state index is 0.206. The molecule has 3 rings (SSSR count). The lowest BCUT2D eigenvalue weighted by Gasteiger charge is -2.07. The molecule has 0 bridgehead atoms. The summed E-state index contributed by atoms with van der Waals surface area (Å²) in [5, 5.41) is 8.21. The number of aromatic nitrogens is 3. The highest BCUT2D eigenvalue weighted by atomic mass is 35.5. The molecule has 0 unspecified atom stereocenters. The van der Waals surface area contributed by atoms with E-state index in [1.165, 1.54) is 5.56 Å². The van der Waals surface area contributed by atoms with Gasteiger partial charge in [-0.3, -0.25) is 5.10 Å². The average molecular weight is 347 g/mol. The molecule has 0 aliphatic heterocycles. The molecule has 23 heavy (non-hydrogen) atoms. The quantitative estimate of drug-likeness (QED) is 0.718. The van der Waals surface area contributed by atoms with E-state index >= 15 is 0 Å². The van der Waals surface area contributed by atoms with Crippen LogP contribution in [0.1, 0.15) is 23.9 Å². The van der Waals surface area contributed by atoms with Crippen LogP contribution in [0.15, 0.2) is 48.5 Å². The molecule has 0 amide bonds. The Morgan fingerprint density at radius 2 is 1.87 bits per heavy atom. The topological polar surface area (TPSA) is 67.6 Å². The fourth-order valence-corrected chi connectivity index (χ4v) is 2.83. The van der Waals surface area contributed by atoms with Crippen molar-refractivity contribution < 1.29 is 0 Å². The van der Waals surface area contributed by atoms with Crippen molar-refractivity contribution in [3.63, 3.8) is 0 Å². The Hall–Kier alpha value is -1.88. The predicted molar refractivity (Wildman–Crippen MR) is 93.5 cm³/mol. The summed E-state index contributed by atoms with van der Waals surface area (Å²) in [6.45, 7) is 0. The second-order valence-corrected chi connectivity index (χ2v) is 6.14. The van der Waals surface area contributed by atoms with Crippen molar-refractivity contribution in [2.75, 3.05) is 0 Å². The number of halogens is 2. The van der Waals surface area contributed by atoms with Gasteiger partial charge in [-0.05, 0) is 36.6 Å². The van der Waals surface area contributed by atoms with Gasteiger partial charge in [0.2, 0.25) is 0 Å². The second kappa shape index (κ2) is 7.13. The maximum absolute atomic E-state index is 6.21. The van der Waals surface area contributed by atoms with E-state index in [0.29, 0.717) is 21.7 Å². The van der Waals surface area contributed by atoms with Crippen LogP contribution >= 0.6 is 23.2 Å². The van der Waals surface area contributed by atoms with E-state index in [1.807, 2.05) is 18.2 Å². The first kappa shape index (κ1) is 16.0. The van der Waals surface area contributed by atoms with Gasteiger partial charge in [0.1, 0.15) is 5.82 Å². The molecule has 2 aromatic carbocycles. The number of nitrogens with one attached hydrogen (secondary N) is 1. The van der Waals surface area contributed by atoms with Crippen molar-refractivity contribution in [3.8, 4) is 11.4 Å². The van der Waals surface area contributed by atoms with Gasteiger partial charge in [0, 0.05) is 10.6 Å². The smallest absolute Gasteiger partial charge is 0.182 e. The maximum atomic E-state index is 6.21. The summed E-state index contributed by atoms with van der Waals surface area (Å²) in [7, 11) is 0. The van der Waals surface area contributed by atoms with Gasteiger partial charge in [0.25, 0.3) is 0 Å². The van der Waals surface area contributed by atoms with Crippen LogP contribution in [0.25, 0.3) is 11.4 Å². The highest BCUT2D eigenvalue weighted by molar-refractivity contribution is 6.36. The lowest BCUT2D eigenvalue weighted by atomic mass is 10.1. The number of nitrogens with zero attached hydrogens (tertiary/aromatic N) is 2. The Morgan fingerprint density at radius 3 is 2.61 bits per heavy atom. The molecule has 0 saturated carbocycles. The van der Waals surface area contributed by atoms with E-state index in [2.05, 4.69) is 27.3 Å². The molecule has 118 valence electrons. The second-order valence-electron chi connectivity index (χ2n) is 5.30. The molecular formula is C17H16Cl2N4. The Kier molecular flexibility index (Phi) is 4.96. The molecule has 4 nitrogen and oxygen atoms in total. The van der Waals surface area contributed by atoms with Crippen molar-refractivity contribution in [2.45, 2.75) is 18.9 Å². The first-order valence-corrected chi connectivity index (χ1v) is 8.06. The fourth-order valence-electron chi connectivity index (χ4n) is 2.33. The summed E-state index contributed by atoms with van der Waals surface area (Å²) in [6.07, 6.45) is 1.67. The van der Waals surface area contributed by atoms with E-state index < -0.39 is 0 Å². The van der Waals surface area contributed by atoms with Gasteiger partial charge in [-0.15, -0.1) is 0 Å². The molecule has 3 aromatic rings. The number of benzene rings is 2. The molecule has 0 fully saturated rings. The van der Waals surface area contributed by atoms with E-state index in [0.717, 1.165) is 18.4 Å². The van der Waals surface area contributed by atoms with Crippen LogP contribution in [-0.2, 0) is 6.42 Å². The Balaban J connectivity index is 1.71. The minimum Gasteiger partial charge on any atom is -0.321 e. The van der Waals surface area contributed by atoms with E-state index in [-0.39, 0.29) is 6.04 Å². The summed E-state index contributed by atoms with van der Waals surface area (Å²) < 4.78 is 0. The number of aryl methyl sites for hydroxylation is 1. The Bertz CT molecular complexity index is 786. The molecule has 0 saturated heterocycles. The largest absolute Gasteiger partial charge is 0.321 e. The van der Waals surface area contributed by atoms with E-state index in [1.54, 1.807) is 18.2 Å². The molecule has 1 aromatic heterocycles. The number of aromatic amines is 1. The summed E-state index contributed by atoms with van der Waals surface area (Å²) in [5.41, 5.74) is 8.19. The molecular weight excluding hydrogens is 331 g/mol. The van der Waals surface area contributed by atoms with Crippen molar-refractivity contribution in [1.82, 2.24) is 15.2 Å². The Labute approximate surface area is 144 Å². The van der Waals surface area contributed by atoms with E-state index in [4.69, 9.17) is 28.9 Å². The van der Waals surface area contributed by atoms with Gasteiger partial charge >= 0.3 is 0 Å². The molecule has 1 heterocycles. The van der Waals surface area contributed by atoms with E-state index in [9.17, 15) is 0 Å². The standard InChI is InChI=1S/C17H16Cl2N4/c18-12-7-8-13(14(19)10-12)16-21-17(23-22-16)15(20)9-6-11-4-2-1-3-5-11/h1-5,7-8,10,15H,6,9,20H2,(H,21,22,23)/t15-/m1/s1. The first-order valence-electron chi connectivity index (χ1n) is 7.30. The zero-order valence-electron chi connectivity index (χ0n) is 12.3. The van der Waals surface area contributed by atoms with Crippen molar-refractivity contribution >= 4 is 23.2 Å². The van der Waals surface area contributed by atoms with Crippen LogP contribution in [0.5, 0.6) is 0 Å². The fraction of sp³-hybridized carbons (Fsp3) is 0.176. The average Bonchev–Trinajstić information content (AvgIpc) is 3.03. The Morgan fingerprint density at radius 1 is 1.09 bits per heavy atom. The molecule has 3 N–H and O–H groups in total. The number of H-pyrrole nitrogens is 1. The third-order valence-corrected chi connectivity index (χ3v) is 4.16. The van der Waals surface area contributed by atoms with Crippen molar-refractivity contribution in [2.24, 2.45) is 5.73 Å². The van der Waals surface area contributed by atoms with Gasteiger partial charge in [0.15, 0.2) is 5.82 Å². The van der Waals surface area contributed by atoms with Gasteiger partial charge in [0.05, 0.1) is 11.1 Å². The third-order valence-electron chi connectivity index (χ3n) is 3.61. The molecule has 0 spiro atoms. The number of rotatable bonds is 5. The van der Waals surface area contributed by atoms with Crippen LogP contribution < -0.4 is 5.73 Å². The first-order chi connectivity index (χ1) is 11.1. The predicted octanol–water partition coefficient (Wildman–Crippen LogP) is 4.41. The summed E-state index contributed by atoms with van der Waals surface area (Å²) in [4.78, 5) is 4.46. The van der Waals surface area contributed by atoms with Crippen molar-refractivity contribution in [1.29, 1.82) is 0 Å². The maximum Gasteiger partial charge on any atom is 0.182 e. The van der Waals surface area contributed by atoms with Gasteiger partial charge in [-0.25, -0.2) is 4.98 Å². The molecule has 0 aliphatic carbocycles. The molecule has 1 atom stereocenters. The summed E-state index contributed by atoms with van der Waals surface area (Å²) in [5.74, 6) is 1.18. The zero-order valence-corrected chi connectivity index (χ0v) is 13.8. The summed E-state index contributed by atoms with van der Waals surface area (Å²) >= 11 is 12.1. The number of hydrogen-bond acceptors (Lipinski definition) is 3. The lowest BCUT2D eigenvalue weighted by molar-refractivity contribution is 0.615. The van der Waals surface area contributed by atoms with Gasteiger partial charge in [-0.2, -0.15) is 5.10 Å². The van der Waals surface area contributed by atoms with Crippen LogP contribution in [0, 0.1) is 0 Å². The van der Waals surface area contributed by atoms with Gasteiger partial charge in [-0.1, -0.05) is 53.5 Å². The highest BCUT2D eigenvalue weighted by Gasteiger charge is 2.14. The van der Waals surface area contributed by atoms with Crippen molar-refractivity contribution in [3.05, 3.63) is 70.0 Å². The third kappa shape index (κ3) is 3.91. The molecule has 0 aliphatic rings. The monoisotopic (exact) mass is 346 g/mol. The number of nitrogens with two attached hydrogens (primary N) is 1. The van der Waals surface area contributed by atoms with Crippen LogP contribution in [-0.4, -0.2) is 15.2 Å². The van der Waals surface area contributed by atoms with Crippen LogP contribution in [0.4, 0.5) is 0 Å². The summed E-state index contributed by atoms with van der Waals surface area (Å²) in [6, 6.07) is 15.2. The molecule has 6 heteroatoms. The SMILES string of the molecule is N[C@H](CCc1ccccc1)c1nc(-c2ccc(Cl)cc2Cl)n[nH]1. The number of hydrogen-bond donors (Lipinski definition) is 2. The lowest BCUT2D eigenvalue weighted by Crippen LogP contribution is -2.13.